The molecule has 2 nitrogen and oxygen atoms in total. The number of nitrogens with zero attached hydrogens (tertiary/aromatic N) is 1. The molecular formula is C13H19FN2. The third-order valence-corrected chi connectivity index (χ3v) is 3.47. The molecule has 3 heteroatoms. The zero-order valence-electron chi connectivity index (χ0n) is 9.91. The highest BCUT2D eigenvalue weighted by molar-refractivity contribution is 5.27. The number of hydrogen-bond acceptors (Lipinski definition) is 2. The lowest BCUT2D eigenvalue weighted by molar-refractivity contribution is 0.162. The highest BCUT2D eigenvalue weighted by Gasteiger charge is 2.27. The van der Waals surface area contributed by atoms with Crippen molar-refractivity contribution < 1.29 is 4.39 Å². The molecule has 2 N–H and O–H groups in total. The van der Waals surface area contributed by atoms with Crippen LogP contribution < -0.4 is 5.73 Å². The molecule has 16 heavy (non-hydrogen) atoms. The van der Waals surface area contributed by atoms with E-state index in [0.29, 0.717) is 5.56 Å². The maximum atomic E-state index is 13.5. The summed E-state index contributed by atoms with van der Waals surface area (Å²) in [7, 11) is 2.06. The van der Waals surface area contributed by atoms with Gasteiger partial charge < -0.3 is 5.73 Å². The molecule has 1 aliphatic rings. The van der Waals surface area contributed by atoms with Crippen molar-refractivity contribution in [1.82, 2.24) is 4.90 Å². The first-order valence-electron chi connectivity index (χ1n) is 5.81. The molecule has 0 saturated carbocycles. The van der Waals surface area contributed by atoms with Crippen molar-refractivity contribution in [2.75, 3.05) is 13.6 Å². The quantitative estimate of drug-likeness (QED) is 0.789. The van der Waals surface area contributed by atoms with Gasteiger partial charge in [-0.05, 0) is 50.6 Å². The number of likely N-dealkylation sites (tertiary alicyclic amines) is 1. The van der Waals surface area contributed by atoms with Crippen LogP contribution in [0, 0.1) is 12.7 Å². The average molecular weight is 222 g/mol. The van der Waals surface area contributed by atoms with E-state index < -0.39 is 0 Å². The second-order valence-electron chi connectivity index (χ2n) is 4.74. The van der Waals surface area contributed by atoms with E-state index in [4.69, 9.17) is 5.73 Å². The second kappa shape index (κ2) is 4.52. The standard InChI is InChI=1S/C13H19FN2/c1-9-5-6-10(8-11(9)14)13-12(15)4-3-7-16(13)2/h5-6,8,12-13H,3-4,7,15H2,1-2H3. The maximum Gasteiger partial charge on any atom is 0.126 e. The first-order valence-corrected chi connectivity index (χ1v) is 5.81. The van der Waals surface area contributed by atoms with Crippen LogP contribution in [0.4, 0.5) is 4.39 Å². The topological polar surface area (TPSA) is 29.3 Å². The van der Waals surface area contributed by atoms with Crippen LogP contribution in [0.15, 0.2) is 18.2 Å². The van der Waals surface area contributed by atoms with Crippen LogP contribution in [0.3, 0.4) is 0 Å². The van der Waals surface area contributed by atoms with Crippen LogP contribution in [0.2, 0.25) is 0 Å². The number of piperidine rings is 1. The summed E-state index contributed by atoms with van der Waals surface area (Å²) in [6.07, 6.45) is 2.15. The van der Waals surface area contributed by atoms with Gasteiger partial charge in [0.25, 0.3) is 0 Å². The van der Waals surface area contributed by atoms with E-state index in [-0.39, 0.29) is 17.9 Å². The van der Waals surface area contributed by atoms with Gasteiger partial charge in [0.1, 0.15) is 5.82 Å². The number of aryl methyl sites for hydroxylation is 1. The van der Waals surface area contributed by atoms with E-state index in [2.05, 4.69) is 11.9 Å². The Labute approximate surface area is 96.2 Å². The van der Waals surface area contributed by atoms with Gasteiger partial charge in [0.2, 0.25) is 0 Å². The normalized spacial score (nSPS) is 27.0. The smallest absolute Gasteiger partial charge is 0.126 e. The number of nitrogens with two attached hydrogens (primary N) is 1. The van der Waals surface area contributed by atoms with E-state index in [1.54, 1.807) is 13.0 Å². The van der Waals surface area contributed by atoms with Gasteiger partial charge in [-0.3, -0.25) is 4.90 Å². The molecule has 1 aliphatic heterocycles. The Morgan fingerprint density at radius 2 is 2.19 bits per heavy atom. The first-order chi connectivity index (χ1) is 7.59. The Kier molecular flexibility index (Phi) is 3.26. The lowest BCUT2D eigenvalue weighted by Crippen LogP contribution is -2.43. The third kappa shape index (κ3) is 2.11. The molecule has 0 spiro atoms. The highest BCUT2D eigenvalue weighted by Crippen LogP contribution is 2.29. The van der Waals surface area contributed by atoms with Crippen LogP contribution in [0.1, 0.15) is 30.0 Å². The molecule has 1 aromatic rings. The first kappa shape index (κ1) is 11.6. The van der Waals surface area contributed by atoms with Crippen molar-refractivity contribution >= 4 is 0 Å². The van der Waals surface area contributed by atoms with Gasteiger partial charge in [0, 0.05) is 12.1 Å². The second-order valence-corrected chi connectivity index (χ2v) is 4.74. The summed E-state index contributed by atoms with van der Waals surface area (Å²) in [5.74, 6) is -0.135. The van der Waals surface area contributed by atoms with E-state index >= 15 is 0 Å². The number of hydrogen-bond donors (Lipinski definition) is 1. The third-order valence-electron chi connectivity index (χ3n) is 3.47. The molecule has 0 bridgehead atoms. The van der Waals surface area contributed by atoms with Gasteiger partial charge in [0.05, 0.1) is 0 Å². The molecule has 1 saturated heterocycles. The monoisotopic (exact) mass is 222 g/mol. The summed E-state index contributed by atoms with van der Waals surface area (Å²) in [6.45, 7) is 2.82. The van der Waals surface area contributed by atoms with Gasteiger partial charge >= 0.3 is 0 Å². The minimum absolute atomic E-state index is 0.112. The zero-order chi connectivity index (χ0) is 11.7. The lowest BCUT2D eigenvalue weighted by Gasteiger charge is -2.37. The van der Waals surface area contributed by atoms with Crippen molar-refractivity contribution in [2.45, 2.75) is 31.8 Å². The summed E-state index contributed by atoms with van der Waals surface area (Å²) in [4.78, 5) is 2.22. The van der Waals surface area contributed by atoms with Gasteiger partial charge in [-0.15, -0.1) is 0 Å². The number of halogens is 1. The van der Waals surface area contributed by atoms with E-state index in [1.165, 1.54) is 0 Å². The molecular weight excluding hydrogens is 203 g/mol. The molecule has 88 valence electrons. The van der Waals surface area contributed by atoms with E-state index in [9.17, 15) is 4.39 Å². The lowest BCUT2D eigenvalue weighted by atomic mass is 9.91. The maximum absolute atomic E-state index is 13.5. The Bertz CT molecular complexity index is 368. The van der Waals surface area contributed by atoms with E-state index in [1.807, 2.05) is 12.1 Å². The molecule has 2 atom stereocenters. The summed E-state index contributed by atoms with van der Waals surface area (Å²) in [6, 6.07) is 5.72. The highest BCUT2D eigenvalue weighted by atomic mass is 19.1. The van der Waals surface area contributed by atoms with Crippen molar-refractivity contribution in [3.8, 4) is 0 Å². The van der Waals surface area contributed by atoms with Crippen LogP contribution in [-0.2, 0) is 0 Å². The Morgan fingerprint density at radius 1 is 1.44 bits per heavy atom. The fraction of sp³-hybridized carbons (Fsp3) is 0.538. The van der Waals surface area contributed by atoms with Gasteiger partial charge in [-0.25, -0.2) is 4.39 Å². The Morgan fingerprint density at radius 3 is 2.81 bits per heavy atom. The summed E-state index contributed by atoms with van der Waals surface area (Å²) >= 11 is 0. The predicted molar refractivity (Wildman–Crippen MR) is 63.7 cm³/mol. The fourth-order valence-corrected chi connectivity index (χ4v) is 2.49. The van der Waals surface area contributed by atoms with E-state index in [0.717, 1.165) is 24.9 Å². The summed E-state index contributed by atoms with van der Waals surface area (Å²) in [5.41, 5.74) is 7.81. The molecule has 2 rings (SSSR count). The Balaban J connectivity index is 2.30. The molecule has 0 radical (unpaired) electrons. The van der Waals surface area contributed by atoms with Gasteiger partial charge in [0.15, 0.2) is 0 Å². The summed E-state index contributed by atoms with van der Waals surface area (Å²) < 4.78 is 13.5. The predicted octanol–water partition coefficient (Wildman–Crippen LogP) is 2.23. The van der Waals surface area contributed by atoms with Crippen LogP contribution >= 0.6 is 0 Å². The molecule has 1 fully saturated rings. The van der Waals surface area contributed by atoms with Crippen molar-refractivity contribution in [2.24, 2.45) is 5.73 Å². The number of likely N-dealkylation sites (N-methyl/N-ethyl adjacent to an activating group) is 1. The minimum Gasteiger partial charge on any atom is -0.326 e. The van der Waals surface area contributed by atoms with Crippen LogP contribution in [-0.4, -0.2) is 24.5 Å². The van der Waals surface area contributed by atoms with Gasteiger partial charge in [-0.2, -0.15) is 0 Å². The van der Waals surface area contributed by atoms with Crippen LogP contribution in [0.25, 0.3) is 0 Å². The van der Waals surface area contributed by atoms with Gasteiger partial charge in [-0.1, -0.05) is 12.1 Å². The molecule has 1 heterocycles. The number of benzene rings is 1. The fourth-order valence-electron chi connectivity index (χ4n) is 2.49. The Hall–Kier alpha value is -0.930. The van der Waals surface area contributed by atoms with Crippen molar-refractivity contribution in [1.29, 1.82) is 0 Å². The van der Waals surface area contributed by atoms with Crippen LogP contribution in [0.5, 0.6) is 0 Å². The molecule has 0 aliphatic carbocycles. The SMILES string of the molecule is Cc1ccc(C2C(N)CCCN2C)cc1F. The molecule has 0 amide bonds. The zero-order valence-corrected chi connectivity index (χ0v) is 9.91. The molecule has 0 aromatic heterocycles. The molecule has 2 unspecified atom stereocenters. The average Bonchev–Trinajstić information content (AvgIpc) is 2.23. The minimum atomic E-state index is -0.135. The molecule has 1 aromatic carbocycles. The van der Waals surface area contributed by atoms with Crippen molar-refractivity contribution in [3.05, 3.63) is 35.1 Å². The summed E-state index contributed by atoms with van der Waals surface area (Å²) in [5, 5.41) is 0. The largest absolute Gasteiger partial charge is 0.326 e. The number of rotatable bonds is 1. The van der Waals surface area contributed by atoms with Crippen molar-refractivity contribution in [3.63, 3.8) is 0 Å².